The lowest BCUT2D eigenvalue weighted by Crippen LogP contribution is -2.45. The molecule has 156 valence electrons. The number of ether oxygens (including phenoxy) is 1. The highest BCUT2D eigenvalue weighted by Gasteiger charge is 2.52. The lowest BCUT2D eigenvalue weighted by Gasteiger charge is -2.39. The van der Waals surface area contributed by atoms with Crippen LogP contribution in [0.1, 0.15) is 30.4 Å². The van der Waals surface area contributed by atoms with Crippen LogP contribution < -0.4 is 10.1 Å². The van der Waals surface area contributed by atoms with Crippen LogP contribution in [0, 0.1) is 17.6 Å². The van der Waals surface area contributed by atoms with Gasteiger partial charge in [-0.3, -0.25) is 4.79 Å². The first-order valence-electron chi connectivity index (χ1n) is 10.1. The summed E-state index contributed by atoms with van der Waals surface area (Å²) >= 11 is 1.30. The highest BCUT2D eigenvalue weighted by molar-refractivity contribution is 8.15. The van der Waals surface area contributed by atoms with Crippen molar-refractivity contribution in [3.8, 4) is 5.75 Å². The Labute approximate surface area is 177 Å². The number of hydrogen-bond acceptors (Lipinski definition) is 5. The van der Waals surface area contributed by atoms with Crippen LogP contribution in [-0.4, -0.2) is 35.7 Å². The van der Waals surface area contributed by atoms with Crippen molar-refractivity contribution in [2.24, 2.45) is 11.0 Å². The van der Waals surface area contributed by atoms with Crippen molar-refractivity contribution >= 4 is 22.7 Å². The van der Waals surface area contributed by atoms with Crippen LogP contribution in [-0.2, 0) is 9.67 Å². The number of nitrogens with zero attached hydrogens (tertiary/aromatic N) is 2. The van der Waals surface area contributed by atoms with Gasteiger partial charge in [0.25, 0.3) is 0 Å². The quantitative estimate of drug-likeness (QED) is 0.806. The van der Waals surface area contributed by atoms with E-state index in [4.69, 9.17) is 4.74 Å². The van der Waals surface area contributed by atoms with Crippen LogP contribution in [0.5, 0.6) is 5.75 Å². The fraction of sp³-hybridized carbons (Fsp3) is 0.364. The summed E-state index contributed by atoms with van der Waals surface area (Å²) in [5, 5.41) is 9.64. The Morgan fingerprint density at radius 1 is 1.30 bits per heavy atom. The van der Waals surface area contributed by atoms with Crippen molar-refractivity contribution in [2.75, 3.05) is 19.7 Å². The molecule has 2 aromatic rings. The third-order valence-corrected chi connectivity index (χ3v) is 7.26. The van der Waals surface area contributed by atoms with Crippen LogP contribution in [0.2, 0.25) is 0 Å². The van der Waals surface area contributed by atoms with Crippen molar-refractivity contribution in [1.29, 1.82) is 0 Å². The van der Waals surface area contributed by atoms with Crippen LogP contribution in [0.25, 0.3) is 0 Å². The third-order valence-electron chi connectivity index (χ3n) is 5.83. The number of benzene rings is 2. The summed E-state index contributed by atoms with van der Waals surface area (Å²) in [6, 6.07) is 10.8. The zero-order chi connectivity index (χ0) is 20.7. The van der Waals surface area contributed by atoms with Crippen molar-refractivity contribution in [1.82, 2.24) is 10.3 Å². The first-order valence-corrected chi connectivity index (χ1v) is 10.9. The molecule has 2 unspecified atom stereocenters. The van der Waals surface area contributed by atoms with Crippen LogP contribution in [0.15, 0.2) is 47.6 Å². The number of hydrazone groups is 1. The van der Waals surface area contributed by atoms with E-state index in [0.29, 0.717) is 30.2 Å². The van der Waals surface area contributed by atoms with Gasteiger partial charge in [-0.15, -0.1) is 0 Å². The van der Waals surface area contributed by atoms with E-state index in [1.165, 1.54) is 16.8 Å². The fourth-order valence-electron chi connectivity index (χ4n) is 4.32. The zero-order valence-electron chi connectivity index (χ0n) is 16.2. The molecule has 3 heterocycles. The summed E-state index contributed by atoms with van der Waals surface area (Å²) in [5.41, 5.74) is 0.899. The average molecular weight is 429 g/mol. The second-order valence-electron chi connectivity index (χ2n) is 7.78. The Morgan fingerprint density at radius 3 is 3.00 bits per heavy atom. The van der Waals surface area contributed by atoms with Gasteiger partial charge in [0.15, 0.2) is 0 Å². The topological polar surface area (TPSA) is 53.9 Å². The molecule has 1 spiro atoms. The molecular weight excluding hydrogens is 408 g/mol. The normalized spacial score (nSPS) is 25.2. The predicted molar refractivity (Wildman–Crippen MR) is 111 cm³/mol. The largest absolute Gasteiger partial charge is 0.493 e. The lowest BCUT2D eigenvalue weighted by molar-refractivity contribution is -0.136. The van der Waals surface area contributed by atoms with Crippen LogP contribution in [0.4, 0.5) is 8.78 Å². The van der Waals surface area contributed by atoms with Crippen LogP contribution in [0.3, 0.4) is 0 Å². The summed E-state index contributed by atoms with van der Waals surface area (Å²) in [4.78, 5) is 12.6. The first kappa shape index (κ1) is 19.5. The molecule has 1 fully saturated rings. The molecule has 1 N–H and O–H groups in total. The molecule has 1 amide bonds. The van der Waals surface area contributed by atoms with Crippen molar-refractivity contribution in [3.63, 3.8) is 0 Å². The molecule has 5 nitrogen and oxygen atoms in total. The Balaban J connectivity index is 1.58. The molecule has 1 saturated heterocycles. The number of fused-ring (bicyclic) bond motifs is 2. The maximum atomic E-state index is 14.5. The number of halogens is 2. The number of para-hydroxylation sites is 1. The van der Waals surface area contributed by atoms with Gasteiger partial charge in [-0.05, 0) is 49.7 Å². The van der Waals surface area contributed by atoms with Crippen molar-refractivity contribution in [3.05, 3.63) is 65.2 Å². The van der Waals surface area contributed by atoms with Gasteiger partial charge in [0, 0.05) is 24.0 Å². The molecule has 8 heteroatoms. The molecular formula is C22H21F2N3O2S. The molecule has 0 radical (unpaired) electrons. The molecule has 30 heavy (non-hydrogen) atoms. The molecule has 0 aliphatic carbocycles. The van der Waals surface area contributed by atoms with E-state index >= 15 is 0 Å². The Kier molecular flexibility index (Phi) is 4.99. The molecule has 2 atom stereocenters. The number of carbonyl (C=O) groups is 1. The molecule has 2 aromatic carbocycles. The Morgan fingerprint density at radius 2 is 2.17 bits per heavy atom. The van der Waals surface area contributed by atoms with E-state index in [-0.39, 0.29) is 17.4 Å². The van der Waals surface area contributed by atoms with E-state index in [0.717, 1.165) is 43.3 Å². The minimum atomic E-state index is -0.827. The van der Waals surface area contributed by atoms with E-state index in [1.54, 1.807) is 0 Å². The Bertz CT molecular complexity index is 1030. The minimum absolute atomic E-state index is 0.0705. The van der Waals surface area contributed by atoms with E-state index in [1.807, 2.05) is 24.3 Å². The fourth-order valence-corrected chi connectivity index (χ4v) is 5.72. The number of thioether (sulfide) groups is 1. The molecule has 0 aromatic heterocycles. The smallest absolute Gasteiger partial charge is 0.244 e. The van der Waals surface area contributed by atoms with Gasteiger partial charge in [0.1, 0.15) is 27.3 Å². The van der Waals surface area contributed by atoms with Gasteiger partial charge in [-0.2, -0.15) is 5.10 Å². The molecule has 0 bridgehead atoms. The van der Waals surface area contributed by atoms with Crippen LogP contribution >= 0.6 is 11.8 Å². The predicted octanol–water partition coefficient (Wildman–Crippen LogP) is 3.84. The van der Waals surface area contributed by atoms with Gasteiger partial charge in [0.05, 0.1) is 6.61 Å². The standard InChI is InChI=1S/C22H21F2N3O2S/c23-15-5-6-18(24)16(12-15)21-26-27(20(28)11-14-7-9-25-13-14)22(30-21)8-10-29-19-4-2-1-3-17(19)22/h1-6,12,14,25H,7-11,13H2. The van der Waals surface area contributed by atoms with E-state index in [9.17, 15) is 13.6 Å². The summed E-state index contributed by atoms with van der Waals surface area (Å²) in [6.45, 7) is 2.11. The number of carbonyl (C=O) groups excluding carboxylic acids is 1. The van der Waals surface area contributed by atoms with Gasteiger partial charge >= 0.3 is 0 Å². The molecule has 5 rings (SSSR count). The minimum Gasteiger partial charge on any atom is -0.493 e. The second-order valence-corrected chi connectivity index (χ2v) is 9.05. The maximum Gasteiger partial charge on any atom is 0.244 e. The first-order chi connectivity index (χ1) is 14.6. The van der Waals surface area contributed by atoms with Gasteiger partial charge in [0.2, 0.25) is 5.91 Å². The van der Waals surface area contributed by atoms with Gasteiger partial charge in [-0.25, -0.2) is 13.8 Å². The highest BCUT2D eigenvalue weighted by atomic mass is 32.2. The zero-order valence-corrected chi connectivity index (χ0v) is 17.1. The van der Waals surface area contributed by atoms with Gasteiger partial charge in [-0.1, -0.05) is 30.0 Å². The average Bonchev–Trinajstić information content (AvgIpc) is 3.39. The SMILES string of the molecule is O=C(CC1CCNC1)N1N=C(c2cc(F)ccc2F)SC12CCOc1ccccc12. The van der Waals surface area contributed by atoms with Crippen molar-refractivity contribution < 1.29 is 18.3 Å². The summed E-state index contributed by atoms with van der Waals surface area (Å²) in [5.74, 6) is -0.280. The number of rotatable bonds is 3. The summed E-state index contributed by atoms with van der Waals surface area (Å²) in [6.07, 6.45) is 1.81. The third kappa shape index (κ3) is 3.28. The molecule has 3 aliphatic heterocycles. The van der Waals surface area contributed by atoms with E-state index < -0.39 is 16.5 Å². The highest BCUT2D eigenvalue weighted by Crippen LogP contribution is 2.54. The van der Waals surface area contributed by atoms with E-state index in [2.05, 4.69) is 10.4 Å². The molecule has 0 saturated carbocycles. The molecule has 3 aliphatic rings. The summed E-state index contributed by atoms with van der Waals surface area (Å²) < 4.78 is 34.2. The van der Waals surface area contributed by atoms with Crippen molar-refractivity contribution in [2.45, 2.75) is 24.1 Å². The monoisotopic (exact) mass is 429 g/mol. The lowest BCUT2D eigenvalue weighted by atomic mass is 9.97. The summed E-state index contributed by atoms with van der Waals surface area (Å²) in [7, 11) is 0. The van der Waals surface area contributed by atoms with Gasteiger partial charge < -0.3 is 10.1 Å². The second kappa shape index (κ2) is 7.67. The number of hydrogen-bond donors (Lipinski definition) is 1. The Hall–Kier alpha value is -2.45. The number of amides is 1. The number of nitrogens with one attached hydrogen (secondary N) is 1. The maximum absolute atomic E-state index is 14.5.